The van der Waals surface area contributed by atoms with E-state index in [0.29, 0.717) is 26.7 Å². The summed E-state index contributed by atoms with van der Waals surface area (Å²) in [7, 11) is 3.84. The summed E-state index contributed by atoms with van der Waals surface area (Å²) >= 11 is 0. The van der Waals surface area contributed by atoms with Crippen LogP contribution in [0.1, 0.15) is 25.1 Å². The molecule has 0 radical (unpaired) electrons. The van der Waals surface area contributed by atoms with Gasteiger partial charge in [-0.1, -0.05) is 32.1 Å². The summed E-state index contributed by atoms with van der Waals surface area (Å²) in [5.74, 6) is 3.80. The van der Waals surface area contributed by atoms with E-state index in [9.17, 15) is 0 Å². The lowest BCUT2D eigenvalue weighted by Crippen LogP contribution is -2.08. The van der Waals surface area contributed by atoms with E-state index in [1.165, 1.54) is 10.9 Å². The highest BCUT2D eigenvalue weighted by molar-refractivity contribution is 7.43. The van der Waals surface area contributed by atoms with Crippen LogP contribution in [0.4, 0.5) is 0 Å². The Labute approximate surface area is 184 Å². The number of rotatable bonds is 7. The topological polar surface area (TPSA) is 49.8 Å². The molecular formula is C25H26NO4P. The second-order valence-corrected chi connectivity index (χ2v) is 8.79. The molecule has 4 rings (SSSR count). The normalized spacial score (nSPS) is 16.6. The van der Waals surface area contributed by atoms with E-state index in [-0.39, 0.29) is 5.66 Å². The molecule has 0 bridgehead atoms. The van der Waals surface area contributed by atoms with Crippen LogP contribution in [-0.2, 0) is 0 Å². The van der Waals surface area contributed by atoms with Gasteiger partial charge in [0.1, 0.15) is 17.3 Å². The maximum Gasteiger partial charge on any atom is 0.162 e. The number of allylic oxidation sites excluding steroid dienone is 4. The first kappa shape index (κ1) is 21.2. The van der Waals surface area contributed by atoms with Crippen LogP contribution in [0, 0.1) is 0 Å². The highest BCUT2D eigenvalue weighted by Gasteiger charge is 2.23. The Balaban J connectivity index is 1.73. The number of benzene rings is 2. The summed E-state index contributed by atoms with van der Waals surface area (Å²) in [6.07, 6.45) is 5.95. The molecule has 2 atom stereocenters. The van der Waals surface area contributed by atoms with Gasteiger partial charge in [0.15, 0.2) is 11.5 Å². The van der Waals surface area contributed by atoms with Gasteiger partial charge in [0.05, 0.1) is 32.0 Å². The average Bonchev–Trinajstić information content (AvgIpc) is 2.80. The van der Waals surface area contributed by atoms with Gasteiger partial charge in [-0.25, -0.2) is 0 Å². The van der Waals surface area contributed by atoms with E-state index >= 15 is 0 Å². The van der Waals surface area contributed by atoms with Crippen molar-refractivity contribution in [3.05, 3.63) is 77.5 Å². The fourth-order valence-electron chi connectivity index (χ4n) is 3.60. The SMILES string of the molecule is CCOc1cccc(C2PC(C)=CC=C2Oc2ccnc3cc(OC)c(OC)cc23)c1. The van der Waals surface area contributed by atoms with Crippen molar-refractivity contribution in [1.82, 2.24) is 4.98 Å². The summed E-state index contributed by atoms with van der Waals surface area (Å²) in [6, 6.07) is 13.9. The maximum absolute atomic E-state index is 6.50. The number of pyridine rings is 1. The molecule has 2 aromatic carbocycles. The molecule has 1 aliphatic heterocycles. The van der Waals surface area contributed by atoms with Crippen molar-refractivity contribution < 1.29 is 18.9 Å². The van der Waals surface area contributed by atoms with E-state index < -0.39 is 0 Å². The number of methoxy groups -OCH3 is 2. The van der Waals surface area contributed by atoms with Crippen molar-refractivity contribution in [2.24, 2.45) is 0 Å². The molecule has 0 saturated carbocycles. The van der Waals surface area contributed by atoms with Crippen LogP contribution in [0.15, 0.2) is 71.9 Å². The molecule has 31 heavy (non-hydrogen) atoms. The summed E-state index contributed by atoms with van der Waals surface area (Å²) in [5, 5.41) is 2.21. The second kappa shape index (κ2) is 9.40. The third-order valence-corrected chi connectivity index (χ3v) is 6.62. The van der Waals surface area contributed by atoms with Gasteiger partial charge in [0, 0.05) is 17.6 Å². The van der Waals surface area contributed by atoms with Gasteiger partial charge in [-0.05, 0) is 49.8 Å². The lowest BCUT2D eigenvalue weighted by Gasteiger charge is -2.25. The Morgan fingerprint density at radius 2 is 1.77 bits per heavy atom. The molecule has 2 unspecified atom stereocenters. The van der Waals surface area contributed by atoms with E-state index in [0.717, 1.165) is 28.2 Å². The molecule has 0 amide bonds. The third-order valence-electron chi connectivity index (χ3n) is 5.09. The molecule has 1 aliphatic rings. The van der Waals surface area contributed by atoms with Gasteiger partial charge < -0.3 is 18.9 Å². The molecule has 6 heteroatoms. The van der Waals surface area contributed by atoms with E-state index in [4.69, 9.17) is 18.9 Å². The number of fused-ring (bicyclic) bond motifs is 1. The van der Waals surface area contributed by atoms with Crippen LogP contribution in [0.3, 0.4) is 0 Å². The summed E-state index contributed by atoms with van der Waals surface area (Å²) in [6.45, 7) is 4.79. The van der Waals surface area contributed by atoms with Crippen molar-refractivity contribution >= 4 is 19.5 Å². The zero-order valence-electron chi connectivity index (χ0n) is 18.1. The lowest BCUT2D eigenvalue weighted by molar-refractivity contribution is 0.339. The monoisotopic (exact) mass is 435 g/mol. The minimum atomic E-state index is 0.133. The van der Waals surface area contributed by atoms with Crippen LogP contribution in [-0.4, -0.2) is 25.8 Å². The smallest absolute Gasteiger partial charge is 0.162 e. The van der Waals surface area contributed by atoms with E-state index in [2.05, 4.69) is 36.2 Å². The molecule has 0 fully saturated rings. The predicted molar refractivity (Wildman–Crippen MR) is 126 cm³/mol. The second-order valence-electron chi connectivity index (χ2n) is 7.14. The molecule has 160 valence electrons. The van der Waals surface area contributed by atoms with E-state index in [1.807, 2.05) is 37.3 Å². The quantitative estimate of drug-likeness (QED) is 0.411. The Morgan fingerprint density at radius 3 is 2.55 bits per heavy atom. The molecule has 0 aliphatic carbocycles. The lowest BCUT2D eigenvalue weighted by atomic mass is 10.1. The van der Waals surface area contributed by atoms with Crippen molar-refractivity contribution in [1.29, 1.82) is 0 Å². The summed E-state index contributed by atoms with van der Waals surface area (Å²) in [5.41, 5.74) is 2.10. The summed E-state index contributed by atoms with van der Waals surface area (Å²) in [4.78, 5) is 4.48. The fourth-order valence-corrected chi connectivity index (χ4v) is 4.88. The fraction of sp³-hybridized carbons (Fsp3) is 0.240. The Bertz CT molecular complexity index is 1160. The molecule has 2 heterocycles. The first-order chi connectivity index (χ1) is 15.1. The molecule has 3 aromatic rings. The Kier molecular flexibility index (Phi) is 6.43. The van der Waals surface area contributed by atoms with Crippen molar-refractivity contribution in [3.8, 4) is 23.0 Å². The van der Waals surface area contributed by atoms with Gasteiger partial charge in [-0.3, -0.25) is 4.98 Å². The zero-order valence-corrected chi connectivity index (χ0v) is 19.1. The highest BCUT2D eigenvalue weighted by atomic mass is 31.1. The minimum Gasteiger partial charge on any atom is -0.494 e. The van der Waals surface area contributed by atoms with Gasteiger partial charge in [-0.2, -0.15) is 0 Å². The number of ether oxygens (including phenoxy) is 4. The van der Waals surface area contributed by atoms with E-state index in [1.54, 1.807) is 20.4 Å². The predicted octanol–water partition coefficient (Wildman–Crippen LogP) is 6.25. The number of aromatic nitrogens is 1. The van der Waals surface area contributed by atoms with Crippen molar-refractivity contribution in [2.75, 3.05) is 20.8 Å². The van der Waals surface area contributed by atoms with Gasteiger partial charge in [-0.15, -0.1) is 0 Å². The van der Waals surface area contributed by atoms with Gasteiger partial charge in [0.25, 0.3) is 0 Å². The standard InChI is InChI=1S/C25H26NO4P/c1-5-29-18-8-6-7-17(13-18)25-22(10-9-16(2)31-25)30-21-11-12-26-20-15-24(28-4)23(27-3)14-19(20)21/h6-15,25,31H,5H2,1-4H3. The van der Waals surface area contributed by atoms with Gasteiger partial charge >= 0.3 is 0 Å². The summed E-state index contributed by atoms with van der Waals surface area (Å²) < 4.78 is 23.1. The number of hydrogen-bond donors (Lipinski definition) is 0. The number of nitrogens with zero attached hydrogens (tertiary/aromatic N) is 1. The average molecular weight is 435 g/mol. The third kappa shape index (κ3) is 4.52. The van der Waals surface area contributed by atoms with Crippen LogP contribution >= 0.6 is 8.58 Å². The number of hydrogen-bond acceptors (Lipinski definition) is 5. The van der Waals surface area contributed by atoms with Crippen LogP contribution in [0.25, 0.3) is 10.9 Å². The molecule has 1 aromatic heterocycles. The Hall–Kier alpha value is -3.04. The zero-order chi connectivity index (χ0) is 21.8. The van der Waals surface area contributed by atoms with Crippen LogP contribution in [0.5, 0.6) is 23.0 Å². The maximum atomic E-state index is 6.50. The molecule has 0 spiro atoms. The van der Waals surface area contributed by atoms with Crippen molar-refractivity contribution in [3.63, 3.8) is 0 Å². The van der Waals surface area contributed by atoms with Crippen LogP contribution < -0.4 is 18.9 Å². The Morgan fingerprint density at radius 1 is 0.968 bits per heavy atom. The van der Waals surface area contributed by atoms with Crippen molar-refractivity contribution in [2.45, 2.75) is 19.5 Å². The van der Waals surface area contributed by atoms with Gasteiger partial charge in [0.2, 0.25) is 0 Å². The van der Waals surface area contributed by atoms with Crippen LogP contribution in [0.2, 0.25) is 0 Å². The molecule has 0 saturated heterocycles. The first-order valence-electron chi connectivity index (χ1n) is 10.2. The highest BCUT2D eigenvalue weighted by Crippen LogP contribution is 2.49. The molecule has 5 nitrogen and oxygen atoms in total. The minimum absolute atomic E-state index is 0.133. The molecular weight excluding hydrogens is 409 g/mol. The largest absolute Gasteiger partial charge is 0.494 e. The molecule has 0 N–H and O–H groups in total. The first-order valence-corrected chi connectivity index (χ1v) is 11.3.